The van der Waals surface area contributed by atoms with Gasteiger partial charge in [0.05, 0.1) is 37.2 Å². The van der Waals surface area contributed by atoms with E-state index in [0.29, 0.717) is 18.9 Å². The van der Waals surface area contributed by atoms with Gasteiger partial charge in [-0.25, -0.2) is 4.79 Å². The molecule has 3 N–H and O–H groups in total. The zero-order valence-electron chi connectivity index (χ0n) is 12.2. The molecule has 2 unspecified atom stereocenters. The van der Waals surface area contributed by atoms with Crippen molar-refractivity contribution in [1.29, 1.82) is 0 Å². The topological polar surface area (TPSA) is 90.6 Å². The Kier molecular flexibility index (Phi) is 3.86. The van der Waals surface area contributed by atoms with Gasteiger partial charge in [0.25, 0.3) is 0 Å². The predicted molar refractivity (Wildman–Crippen MR) is 75.6 cm³/mol. The Morgan fingerprint density at radius 3 is 2.95 bits per heavy atom. The van der Waals surface area contributed by atoms with Gasteiger partial charge >= 0.3 is 6.03 Å². The fourth-order valence-electron chi connectivity index (χ4n) is 3.01. The first-order valence-electron chi connectivity index (χ1n) is 7.44. The molecule has 2 aliphatic rings. The van der Waals surface area contributed by atoms with Crippen LogP contribution in [0.15, 0.2) is 6.20 Å². The first kappa shape index (κ1) is 14.3. The second-order valence-corrected chi connectivity index (χ2v) is 5.98. The molecule has 1 aromatic heterocycles. The number of aliphatic hydroxyl groups is 2. The summed E-state index contributed by atoms with van der Waals surface area (Å²) in [6.45, 7) is 0.577. The third kappa shape index (κ3) is 2.89. The molecular weight excluding hydrogens is 272 g/mol. The van der Waals surface area contributed by atoms with Crippen molar-refractivity contribution in [2.75, 3.05) is 13.2 Å². The molecular formula is C14H22N4O3. The van der Waals surface area contributed by atoms with Gasteiger partial charge in [-0.05, 0) is 30.7 Å². The summed E-state index contributed by atoms with van der Waals surface area (Å²) in [5.74, 6) is 0.587. The fourth-order valence-corrected chi connectivity index (χ4v) is 3.01. The van der Waals surface area contributed by atoms with Gasteiger partial charge in [-0.15, -0.1) is 0 Å². The van der Waals surface area contributed by atoms with Crippen molar-refractivity contribution in [3.05, 3.63) is 17.5 Å². The van der Waals surface area contributed by atoms with E-state index in [1.54, 1.807) is 4.68 Å². The Morgan fingerprint density at radius 2 is 2.29 bits per heavy atom. The minimum absolute atomic E-state index is 0.122. The lowest BCUT2D eigenvalue weighted by Crippen LogP contribution is -2.44. The second-order valence-electron chi connectivity index (χ2n) is 5.98. The van der Waals surface area contributed by atoms with E-state index in [4.69, 9.17) is 0 Å². The first-order valence-corrected chi connectivity index (χ1v) is 7.44. The number of nitrogens with zero attached hydrogens (tertiary/aromatic N) is 3. The number of aromatic nitrogens is 2. The Bertz CT molecular complexity index is 526. The van der Waals surface area contributed by atoms with Gasteiger partial charge in [0.15, 0.2) is 0 Å². The van der Waals surface area contributed by atoms with Crippen LogP contribution in [-0.4, -0.2) is 56.2 Å². The van der Waals surface area contributed by atoms with Crippen molar-refractivity contribution in [2.24, 2.45) is 7.05 Å². The van der Waals surface area contributed by atoms with Crippen molar-refractivity contribution < 1.29 is 15.0 Å². The number of urea groups is 1. The van der Waals surface area contributed by atoms with Crippen LogP contribution >= 0.6 is 0 Å². The van der Waals surface area contributed by atoms with E-state index in [1.165, 1.54) is 23.3 Å². The van der Waals surface area contributed by atoms with Gasteiger partial charge in [-0.2, -0.15) is 5.10 Å². The number of aryl methyl sites for hydroxylation is 1. The van der Waals surface area contributed by atoms with Crippen LogP contribution in [0.1, 0.15) is 36.4 Å². The van der Waals surface area contributed by atoms with E-state index in [0.717, 1.165) is 5.69 Å². The number of likely N-dealkylation sites (tertiary alicyclic amines) is 1. The lowest BCUT2D eigenvalue weighted by Gasteiger charge is -2.23. The summed E-state index contributed by atoms with van der Waals surface area (Å²) in [6.07, 6.45) is 4.15. The Morgan fingerprint density at radius 1 is 1.52 bits per heavy atom. The highest BCUT2D eigenvalue weighted by molar-refractivity contribution is 5.75. The Labute approximate surface area is 123 Å². The van der Waals surface area contributed by atoms with Gasteiger partial charge in [0.1, 0.15) is 0 Å². The molecule has 1 aliphatic carbocycles. The minimum Gasteiger partial charge on any atom is -0.394 e. The number of carbonyl (C=O) groups is 1. The summed E-state index contributed by atoms with van der Waals surface area (Å²) in [5, 5.41) is 26.1. The lowest BCUT2D eigenvalue weighted by molar-refractivity contribution is 0.154. The van der Waals surface area contributed by atoms with Crippen LogP contribution in [0.2, 0.25) is 0 Å². The smallest absolute Gasteiger partial charge is 0.318 e. The van der Waals surface area contributed by atoms with Crippen molar-refractivity contribution in [3.63, 3.8) is 0 Å². The van der Waals surface area contributed by atoms with Gasteiger partial charge < -0.3 is 20.4 Å². The normalized spacial score (nSPS) is 25.4. The molecule has 1 aromatic rings. The zero-order valence-corrected chi connectivity index (χ0v) is 12.2. The first-order chi connectivity index (χ1) is 10.1. The molecule has 2 atom stereocenters. The van der Waals surface area contributed by atoms with Gasteiger partial charge in [-0.3, -0.25) is 4.68 Å². The highest BCUT2D eigenvalue weighted by Crippen LogP contribution is 2.41. The van der Waals surface area contributed by atoms with Crippen LogP contribution < -0.4 is 5.32 Å². The number of β-amino-alcohol motifs (C(OH)–C–C–N with tert-alkyl or cyclic N) is 1. The van der Waals surface area contributed by atoms with Crippen LogP contribution in [0.3, 0.4) is 0 Å². The number of nitrogens with one attached hydrogen (secondary N) is 1. The molecule has 1 saturated heterocycles. The maximum absolute atomic E-state index is 12.2. The number of amides is 2. The summed E-state index contributed by atoms with van der Waals surface area (Å²) in [7, 11) is 1.88. The monoisotopic (exact) mass is 294 g/mol. The van der Waals surface area contributed by atoms with E-state index in [9.17, 15) is 15.0 Å². The predicted octanol–water partition coefficient (Wildman–Crippen LogP) is -0.0654. The third-order valence-corrected chi connectivity index (χ3v) is 4.38. The largest absolute Gasteiger partial charge is 0.394 e. The van der Waals surface area contributed by atoms with Crippen LogP contribution in [0.25, 0.3) is 0 Å². The number of hydrogen-bond donors (Lipinski definition) is 3. The van der Waals surface area contributed by atoms with Gasteiger partial charge in [-0.1, -0.05) is 0 Å². The molecule has 2 fully saturated rings. The average Bonchev–Trinajstić information content (AvgIpc) is 3.14. The summed E-state index contributed by atoms with van der Waals surface area (Å²) in [6, 6.07) is -0.539. The van der Waals surface area contributed by atoms with Crippen molar-refractivity contribution in [2.45, 2.75) is 43.9 Å². The highest BCUT2D eigenvalue weighted by atomic mass is 16.3. The molecule has 21 heavy (non-hydrogen) atoms. The molecule has 0 aromatic carbocycles. The molecule has 1 aliphatic heterocycles. The maximum Gasteiger partial charge on any atom is 0.318 e. The minimum atomic E-state index is -0.549. The summed E-state index contributed by atoms with van der Waals surface area (Å²) >= 11 is 0. The molecule has 2 heterocycles. The number of aliphatic hydroxyl groups excluding tert-OH is 2. The molecule has 0 spiro atoms. The molecule has 0 radical (unpaired) electrons. The number of carbonyl (C=O) groups excluding carboxylic acids is 1. The van der Waals surface area contributed by atoms with Crippen molar-refractivity contribution >= 4 is 6.03 Å². The Hall–Kier alpha value is -1.60. The van der Waals surface area contributed by atoms with Gasteiger partial charge in [0, 0.05) is 13.6 Å². The van der Waals surface area contributed by atoms with Crippen molar-refractivity contribution in [3.8, 4) is 0 Å². The van der Waals surface area contributed by atoms with Crippen molar-refractivity contribution in [1.82, 2.24) is 20.0 Å². The molecule has 1 saturated carbocycles. The fraction of sp³-hybridized carbons (Fsp3) is 0.714. The molecule has 0 bridgehead atoms. The molecule has 2 amide bonds. The quantitative estimate of drug-likeness (QED) is 0.725. The molecule has 3 rings (SSSR count). The lowest BCUT2D eigenvalue weighted by atomic mass is 10.1. The van der Waals surface area contributed by atoms with E-state index in [1.807, 2.05) is 13.2 Å². The van der Waals surface area contributed by atoms with Gasteiger partial charge in [0.2, 0.25) is 0 Å². The summed E-state index contributed by atoms with van der Waals surface area (Å²) in [4.78, 5) is 13.7. The van der Waals surface area contributed by atoms with Crippen LogP contribution in [0.4, 0.5) is 4.79 Å². The number of hydrogen-bond acceptors (Lipinski definition) is 4. The summed E-state index contributed by atoms with van der Waals surface area (Å²) < 4.78 is 1.80. The maximum atomic E-state index is 12.2. The zero-order chi connectivity index (χ0) is 15.0. The van der Waals surface area contributed by atoms with Crippen LogP contribution in [0.5, 0.6) is 0 Å². The molecule has 7 heteroatoms. The van der Waals surface area contributed by atoms with Crippen LogP contribution in [0, 0.1) is 0 Å². The van der Waals surface area contributed by atoms with E-state index < -0.39 is 6.10 Å². The standard InChI is InChI=1S/C14H22N4O3/c1-17-13(12(5-16-17)9-2-3-9)6-15-14(21)18-7-11(20)4-10(18)8-19/h5,9-11,19-20H,2-4,6-8H2,1H3,(H,15,21). The molecule has 116 valence electrons. The molecule has 7 nitrogen and oxygen atoms in total. The Balaban J connectivity index is 1.62. The SMILES string of the molecule is Cn1ncc(C2CC2)c1CNC(=O)N1CC(O)CC1CO. The summed E-state index contributed by atoms with van der Waals surface area (Å²) in [5.41, 5.74) is 2.25. The van der Waals surface area contributed by atoms with Crippen LogP contribution in [-0.2, 0) is 13.6 Å². The highest BCUT2D eigenvalue weighted by Gasteiger charge is 2.34. The third-order valence-electron chi connectivity index (χ3n) is 4.38. The van der Waals surface area contributed by atoms with E-state index in [2.05, 4.69) is 10.4 Å². The number of rotatable bonds is 4. The second kappa shape index (κ2) is 5.65. The van der Waals surface area contributed by atoms with E-state index in [-0.39, 0.29) is 25.2 Å². The average molecular weight is 294 g/mol. The van der Waals surface area contributed by atoms with E-state index >= 15 is 0 Å².